The second-order valence-electron chi connectivity index (χ2n) is 8.35. The molecule has 3 aromatic heterocycles. The SMILES string of the molecule is COc1cnc([C@@H](OC)[C@@H](C)S(=O)(=O)Nc2nnc(-c3cccc(C)n3)n2-c2c(OC)cccc2OC)nc1. The van der Waals surface area contributed by atoms with Gasteiger partial charge in [-0.25, -0.2) is 23.4 Å². The molecular weight excluding hydrogens is 526 g/mol. The largest absolute Gasteiger partial charge is 0.494 e. The van der Waals surface area contributed by atoms with Gasteiger partial charge >= 0.3 is 0 Å². The second-order valence-corrected chi connectivity index (χ2v) is 10.4. The molecule has 1 aromatic carbocycles. The van der Waals surface area contributed by atoms with E-state index in [0.29, 0.717) is 28.6 Å². The molecule has 1 N–H and O–H groups in total. The summed E-state index contributed by atoms with van der Waals surface area (Å²) in [6, 6.07) is 10.6. The van der Waals surface area contributed by atoms with Gasteiger partial charge in [0.1, 0.15) is 34.2 Å². The van der Waals surface area contributed by atoms with E-state index in [4.69, 9.17) is 18.9 Å². The molecule has 14 heteroatoms. The molecule has 0 bridgehead atoms. The maximum atomic E-state index is 13.7. The molecule has 2 atom stereocenters. The van der Waals surface area contributed by atoms with Crippen LogP contribution >= 0.6 is 0 Å². The Balaban J connectivity index is 1.82. The van der Waals surface area contributed by atoms with Gasteiger partial charge < -0.3 is 18.9 Å². The molecule has 0 radical (unpaired) electrons. The number of sulfonamides is 1. The van der Waals surface area contributed by atoms with Gasteiger partial charge in [-0.1, -0.05) is 12.1 Å². The Bertz CT molecular complexity index is 1520. The topological polar surface area (TPSA) is 152 Å². The first-order chi connectivity index (χ1) is 18.7. The summed E-state index contributed by atoms with van der Waals surface area (Å²) in [6.07, 6.45) is 1.88. The maximum Gasteiger partial charge on any atom is 0.243 e. The average Bonchev–Trinajstić information content (AvgIpc) is 3.35. The van der Waals surface area contributed by atoms with E-state index in [1.54, 1.807) is 24.3 Å². The van der Waals surface area contributed by atoms with Crippen molar-refractivity contribution >= 4 is 16.0 Å². The van der Waals surface area contributed by atoms with Gasteiger partial charge in [-0.3, -0.25) is 9.29 Å². The summed E-state index contributed by atoms with van der Waals surface area (Å²) in [5.74, 6) is 1.57. The predicted octanol–water partition coefficient (Wildman–Crippen LogP) is 2.97. The number of anilines is 1. The van der Waals surface area contributed by atoms with E-state index in [-0.39, 0.29) is 17.6 Å². The van der Waals surface area contributed by atoms with Gasteiger partial charge in [-0.05, 0) is 38.1 Å². The molecule has 0 saturated heterocycles. The zero-order valence-electron chi connectivity index (χ0n) is 22.3. The lowest BCUT2D eigenvalue weighted by atomic mass is 10.2. The summed E-state index contributed by atoms with van der Waals surface area (Å²) >= 11 is 0. The van der Waals surface area contributed by atoms with Crippen molar-refractivity contribution in [3.05, 3.63) is 60.3 Å². The predicted molar refractivity (Wildman–Crippen MR) is 143 cm³/mol. The first kappa shape index (κ1) is 27.7. The van der Waals surface area contributed by atoms with Crippen molar-refractivity contribution in [1.29, 1.82) is 0 Å². The monoisotopic (exact) mass is 555 g/mol. The van der Waals surface area contributed by atoms with Gasteiger partial charge in [0.25, 0.3) is 0 Å². The highest BCUT2D eigenvalue weighted by Crippen LogP contribution is 2.38. The molecule has 13 nitrogen and oxygen atoms in total. The zero-order chi connectivity index (χ0) is 28.2. The number of benzene rings is 1. The van der Waals surface area contributed by atoms with Crippen LogP contribution in [0.2, 0.25) is 0 Å². The molecule has 3 heterocycles. The summed E-state index contributed by atoms with van der Waals surface area (Å²) in [4.78, 5) is 12.9. The molecule has 0 aliphatic heterocycles. The highest BCUT2D eigenvalue weighted by atomic mass is 32.2. The van der Waals surface area contributed by atoms with Gasteiger partial charge in [0.2, 0.25) is 16.0 Å². The Morgan fingerprint density at radius 2 is 1.54 bits per heavy atom. The van der Waals surface area contributed by atoms with Crippen LogP contribution < -0.4 is 18.9 Å². The maximum absolute atomic E-state index is 13.7. The van der Waals surface area contributed by atoms with Crippen molar-refractivity contribution < 1.29 is 27.4 Å². The fraction of sp³-hybridized carbons (Fsp3) is 0.320. The molecule has 0 aliphatic rings. The van der Waals surface area contributed by atoms with E-state index >= 15 is 0 Å². The highest BCUT2D eigenvalue weighted by molar-refractivity contribution is 7.93. The molecule has 206 valence electrons. The van der Waals surface area contributed by atoms with Crippen molar-refractivity contribution in [2.75, 3.05) is 33.2 Å². The van der Waals surface area contributed by atoms with Gasteiger partial charge in [-0.15, -0.1) is 10.2 Å². The van der Waals surface area contributed by atoms with Crippen LogP contribution in [0.4, 0.5) is 5.95 Å². The van der Waals surface area contributed by atoms with Crippen molar-refractivity contribution in [3.63, 3.8) is 0 Å². The standard InChI is InChI=1S/C25H29N7O6S/c1-15-9-7-10-18(28-15)24-29-30-25(32(24)21-19(36-4)11-8-12-20(21)37-5)31-39(33,34)16(2)22(38-6)23-26-13-17(35-3)14-27-23/h7-14,16,22H,1-6H3,(H,30,31)/t16-,22+/m1/s1. The third kappa shape index (κ3) is 5.61. The molecule has 0 aliphatic carbocycles. The van der Waals surface area contributed by atoms with Crippen LogP contribution in [0.5, 0.6) is 17.2 Å². The Morgan fingerprint density at radius 1 is 0.897 bits per heavy atom. The highest BCUT2D eigenvalue weighted by Gasteiger charge is 2.35. The first-order valence-electron chi connectivity index (χ1n) is 11.7. The van der Waals surface area contributed by atoms with Gasteiger partial charge in [-0.2, -0.15) is 0 Å². The van der Waals surface area contributed by atoms with Gasteiger partial charge in [0.05, 0.1) is 33.7 Å². The lowest BCUT2D eigenvalue weighted by Gasteiger charge is -2.23. The van der Waals surface area contributed by atoms with Crippen LogP contribution in [0.15, 0.2) is 48.8 Å². The second kappa shape index (κ2) is 11.6. The summed E-state index contributed by atoms with van der Waals surface area (Å²) < 4.78 is 53.1. The smallest absolute Gasteiger partial charge is 0.243 e. The number of hydrogen-bond acceptors (Lipinski definition) is 11. The Labute approximate surface area is 226 Å². The van der Waals surface area contributed by atoms with Crippen LogP contribution in [0.1, 0.15) is 24.5 Å². The van der Waals surface area contributed by atoms with E-state index in [1.807, 2.05) is 19.1 Å². The number of nitrogens with zero attached hydrogens (tertiary/aromatic N) is 6. The number of hydrogen-bond donors (Lipinski definition) is 1. The van der Waals surface area contributed by atoms with E-state index in [0.717, 1.165) is 5.69 Å². The summed E-state index contributed by atoms with van der Waals surface area (Å²) in [7, 11) is 1.71. The number of pyridine rings is 1. The molecule has 39 heavy (non-hydrogen) atoms. The van der Waals surface area contributed by atoms with Crippen molar-refractivity contribution in [3.8, 4) is 34.5 Å². The Morgan fingerprint density at radius 3 is 2.10 bits per heavy atom. The lowest BCUT2D eigenvalue weighted by molar-refractivity contribution is 0.0948. The van der Waals surface area contributed by atoms with Crippen LogP contribution in [-0.2, 0) is 14.8 Å². The number of aromatic nitrogens is 6. The number of para-hydroxylation sites is 1. The quantitative estimate of drug-likeness (QED) is 0.291. The van der Waals surface area contributed by atoms with Crippen molar-refractivity contribution in [1.82, 2.24) is 29.7 Å². The fourth-order valence-corrected chi connectivity index (χ4v) is 5.05. The van der Waals surface area contributed by atoms with Crippen LogP contribution in [0.25, 0.3) is 17.2 Å². The molecule has 0 spiro atoms. The number of aryl methyl sites for hydroxylation is 1. The Kier molecular flexibility index (Phi) is 8.26. The summed E-state index contributed by atoms with van der Waals surface area (Å²) in [5, 5.41) is 7.33. The van der Waals surface area contributed by atoms with Crippen LogP contribution in [0.3, 0.4) is 0 Å². The van der Waals surface area contributed by atoms with Crippen LogP contribution in [-0.4, -0.2) is 71.8 Å². The van der Waals surface area contributed by atoms with Gasteiger partial charge in [0.15, 0.2) is 17.4 Å². The van der Waals surface area contributed by atoms with E-state index in [9.17, 15) is 8.42 Å². The zero-order valence-corrected chi connectivity index (χ0v) is 23.1. The average molecular weight is 556 g/mol. The molecular formula is C25H29N7O6S. The van der Waals surface area contributed by atoms with E-state index in [1.165, 1.54) is 52.3 Å². The summed E-state index contributed by atoms with van der Waals surface area (Å²) in [5.41, 5.74) is 1.60. The third-order valence-electron chi connectivity index (χ3n) is 5.95. The minimum absolute atomic E-state index is 0.103. The normalized spacial score (nSPS) is 13.0. The summed E-state index contributed by atoms with van der Waals surface area (Å²) in [6.45, 7) is 3.32. The first-order valence-corrected chi connectivity index (χ1v) is 13.3. The minimum Gasteiger partial charge on any atom is -0.494 e. The molecule has 4 rings (SSSR count). The van der Waals surface area contributed by atoms with E-state index < -0.39 is 21.4 Å². The van der Waals surface area contributed by atoms with Crippen LogP contribution in [0, 0.1) is 6.92 Å². The number of ether oxygens (including phenoxy) is 4. The van der Waals surface area contributed by atoms with Gasteiger partial charge in [0, 0.05) is 12.8 Å². The van der Waals surface area contributed by atoms with E-state index in [2.05, 4.69) is 29.9 Å². The Hall–Kier alpha value is -4.30. The number of methoxy groups -OCH3 is 4. The lowest BCUT2D eigenvalue weighted by Crippen LogP contribution is -2.33. The number of rotatable bonds is 11. The molecule has 0 saturated carbocycles. The molecule has 4 aromatic rings. The molecule has 0 fully saturated rings. The number of nitrogens with one attached hydrogen (secondary N) is 1. The minimum atomic E-state index is -4.15. The van der Waals surface area contributed by atoms with Crippen molar-refractivity contribution in [2.45, 2.75) is 25.2 Å². The fourth-order valence-electron chi connectivity index (χ4n) is 3.92. The van der Waals surface area contributed by atoms with Crippen molar-refractivity contribution in [2.24, 2.45) is 0 Å². The molecule has 0 unspecified atom stereocenters. The third-order valence-corrected chi connectivity index (χ3v) is 7.64. The molecule has 0 amide bonds.